The number of amides is 1. The van der Waals surface area contributed by atoms with Crippen LogP contribution in [0.5, 0.6) is 11.5 Å². The van der Waals surface area contributed by atoms with E-state index >= 15 is 0 Å². The van der Waals surface area contributed by atoms with E-state index in [0.717, 1.165) is 29.7 Å². The third kappa shape index (κ3) is 4.75. The van der Waals surface area contributed by atoms with Gasteiger partial charge in [-0.1, -0.05) is 45.0 Å². The summed E-state index contributed by atoms with van der Waals surface area (Å²) in [5.41, 5.74) is 3.21. The standard InChI is InChI=1S/C21H27NO3/c1-5-15-10-8-11-16(6-2)20(15)22-21(23)19(7-3)25-18-13-9-12-17(14-18)24-4/h8-14,19H,5-7H2,1-4H3,(H,22,23)/t19-/m1/s1. The second-order valence-electron chi connectivity index (χ2n) is 5.84. The summed E-state index contributed by atoms with van der Waals surface area (Å²) in [7, 11) is 1.61. The van der Waals surface area contributed by atoms with E-state index in [-0.39, 0.29) is 5.91 Å². The van der Waals surface area contributed by atoms with Gasteiger partial charge in [-0.3, -0.25) is 4.79 Å². The van der Waals surface area contributed by atoms with Gasteiger partial charge >= 0.3 is 0 Å². The summed E-state index contributed by atoms with van der Waals surface area (Å²) >= 11 is 0. The summed E-state index contributed by atoms with van der Waals surface area (Å²) < 4.78 is 11.1. The van der Waals surface area contributed by atoms with Crippen LogP contribution >= 0.6 is 0 Å². The number of nitrogens with one attached hydrogen (secondary N) is 1. The van der Waals surface area contributed by atoms with E-state index in [9.17, 15) is 4.79 Å². The number of para-hydroxylation sites is 1. The van der Waals surface area contributed by atoms with Crippen molar-refractivity contribution in [3.05, 3.63) is 53.6 Å². The first-order valence-corrected chi connectivity index (χ1v) is 8.85. The van der Waals surface area contributed by atoms with Crippen molar-refractivity contribution < 1.29 is 14.3 Å². The molecule has 1 atom stereocenters. The van der Waals surface area contributed by atoms with E-state index in [4.69, 9.17) is 9.47 Å². The zero-order valence-corrected chi connectivity index (χ0v) is 15.5. The maximum Gasteiger partial charge on any atom is 0.265 e. The molecule has 1 N–H and O–H groups in total. The maximum absolute atomic E-state index is 12.8. The predicted octanol–water partition coefficient (Wildman–Crippen LogP) is 4.62. The lowest BCUT2D eigenvalue weighted by molar-refractivity contribution is -0.122. The molecule has 2 rings (SSSR count). The van der Waals surface area contributed by atoms with E-state index in [1.165, 1.54) is 0 Å². The summed E-state index contributed by atoms with van der Waals surface area (Å²) in [5, 5.41) is 3.09. The Balaban J connectivity index is 2.17. The number of carbonyl (C=O) groups excluding carboxylic acids is 1. The van der Waals surface area contributed by atoms with E-state index in [1.807, 2.05) is 31.2 Å². The molecule has 1 amide bonds. The van der Waals surface area contributed by atoms with E-state index in [2.05, 4.69) is 31.3 Å². The quantitative estimate of drug-likeness (QED) is 0.762. The number of hydrogen-bond donors (Lipinski definition) is 1. The van der Waals surface area contributed by atoms with Crippen LogP contribution in [0.3, 0.4) is 0 Å². The average Bonchev–Trinajstić information content (AvgIpc) is 2.66. The van der Waals surface area contributed by atoms with Gasteiger partial charge in [-0.05, 0) is 42.5 Å². The Morgan fingerprint density at radius 3 is 2.16 bits per heavy atom. The highest BCUT2D eigenvalue weighted by atomic mass is 16.5. The maximum atomic E-state index is 12.8. The van der Waals surface area contributed by atoms with Crippen molar-refractivity contribution in [3.63, 3.8) is 0 Å². The molecule has 0 fully saturated rings. The highest BCUT2D eigenvalue weighted by Crippen LogP contribution is 2.24. The molecule has 0 unspecified atom stereocenters. The molecule has 0 aliphatic rings. The Kier molecular flexibility index (Phi) is 6.87. The van der Waals surface area contributed by atoms with Crippen molar-refractivity contribution in [2.24, 2.45) is 0 Å². The smallest absolute Gasteiger partial charge is 0.265 e. The number of hydrogen-bond acceptors (Lipinski definition) is 3. The van der Waals surface area contributed by atoms with Gasteiger partial charge in [-0.15, -0.1) is 0 Å². The SMILES string of the molecule is CCc1cccc(CC)c1NC(=O)[C@@H](CC)Oc1cccc(OC)c1. The lowest BCUT2D eigenvalue weighted by Gasteiger charge is -2.20. The van der Waals surface area contributed by atoms with Crippen LogP contribution in [0, 0.1) is 0 Å². The fourth-order valence-electron chi connectivity index (χ4n) is 2.77. The van der Waals surface area contributed by atoms with Crippen LogP contribution in [0.4, 0.5) is 5.69 Å². The first-order chi connectivity index (χ1) is 12.1. The summed E-state index contributed by atoms with van der Waals surface area (Å²) in [6.07, 6.45) is 1.77. The Hall–Kier alpha value is -2.49. The third-order valence-electron chi connectivity index (χ3n) is 4.23. The number of anilines is 1. The Morgan fingerprint density at radius 1 is 1.00 bits per heavy atom. The van der Waals surface area contributed by atoms with Crippen molar-refractivity contribution >= 4 is 11.6 Å². The number of methoxy groups -OCH3 is 1. The molecule has 4 nitrogen and oxygen atoms in total. The molecule has 25 heavy (non-hydrogen) atoms. The average molecular weight is 341 g/mol. The topological polar surface area (TPSA) is 47.6 Å². The third-order valence-corrected chi connectivity index (χ3v) is 4.23. The van der Waals surface area contributed by atoms with E-state index in [1.54, 1.807) is 13.2 Å². The molecule has 2 aromatic carbocycles. The van der Waals surface area contributed by atoms with Gasteiger partial charge in [0.25, 0.3) is 5.91 Å². The first kappa shape index (κ1) is 18.8. The lowest BCUT2D eigenvalue weighted by atomic mass is 10.0. The minimum Gasteiger partial charge on any atom is -0.497 e. The molecule has 0 aliphatic carbocycles. The van der Waals surface area contributed by atoms with Crippen molar-refractivity contribution in [1.29, 1.82) is 0 Å². The van der Waals surface area contributed by atoms with E-state index in [0.29, 0.717) is 17.9 Å². The normalized spacial score (nSPS) is 11.7. The fraction of sp³-hybridized carbons (Fsp3) is 0.381. The molecule has 0 saturated carbocycles. The summed E-state index contributed by atoms with van der Waals surface area (Å²) in [5.74, 6) is 1.21. The fourth-order valence-corrected chi connectivity index (χ4v) is 2.77. The highest BCUT2D eigenvalue weighted by molar-refractivity contribution is 5.95. The van der Waals surface area contributed by atoms with Gasteiger partial charge in [0.05, 0.1) is 7.11 Å². The molecular weight excluding hydrogens is 314 g/mol. The Labute approximate surface area is 150 Å². The van der Waals surface area contributed by atoms with Gasteiger partial charge in [0.15, 0.2) is 6.10 Å². The summed E-state index contributed by atoms with van der Waals surface area (Å²) in [6.45, 7) is 6.12. The van der Waals surface area contributed by atoms with Gasteiger partial charge in [0.1, 0.15) is 11.5 Å². The van der Waals surface area contributed by atoms with Crippen LogP contribution < -0.4 is 14.8 Å². The summed E-state index contributed by atoms with van der Waals surface area (Å²) in [6, 6.07) is 13.5. The zero-order valence-electron chi connectivity index (χ0n) is 15.5. The molecule has 0 saturated heterocycles. The lowest BCUT2D eigenvalue weighted by Crippen LogP contribution is -2.33. The first-order valence-electron chi connectivity index (χ1n) is 8.85. The zero-order chi connectivity index (χ0) is 18.2. The number of ether oxygens (including phenoxy) is 2. The second-order valence-corrected chi connectivity index (χ2v) is 5.84. The van der Waals surface area contributed by atoms with Crippen LogP contribution in [0.1, 0.15) is 38.3 Å². The summed E-state index contributed by atoms with van der Waals surface area (Å²) in [4.78, 5) is 12.8. The number of rotatable bonds is 8. The van der Waals surface area contributed by atoms with Gasteiger partial charge in [0, 0.05) is 11.8 Å². The van der Waals surface area contributed by atoms with Crippen LogP contribution in [0.2, 0.25) is 0 Å². The van der Waals surface area contributed by atoms with Gasteiger partial charge < -0.3 is 14.8 Å². The molecule has 0 aliphatic heterocycles. The molecule has 2 aromatic rings. The molecule has 134 valence electrons. The molecule has 4 heteroatoms. The second kappa shape index (κ2) is 9.11. The van der Waals surface area contributed by atoms with Gasteiger partial charge in [0.2, 0.25) is 0 Å². The van der Waals surface area contributed by atoms with Crippen molar-refractivity contribution in [3.8, 4) is 11.5 Å². The van der Waals surface area contributed by atoms with Crippen LogP contribution in [0.15, 0.2) is 42.5 Å². The van der Waals surface area contributed by atoms with Crippen molar-refractivity contribution in [2.75, 3.05) is 12.4 Å². The molecular formula is C21H27NO3. The molecule has 0 radical (unpaired) electrons. The minimum absolute atomic E-state index is 0.124. The largest absolute Gasteiger partial charge is 0.497 e. The molecule has 0 aromatic heterocycles. The van der Waals surface area contributed by atoms with E-state index < -0.39 is 6.10 Å². The molecule has 0 heterocycles. The van der Waals surface area contributed by atoms with Crippen LogP contribution in [-0.4, -0.2) is 19.1 Å². The number of carbonyl (C=O) groups is 1. The van der Waals surface area contributed by atoms with Gasteiger partial charge in [-0.25, -0.2) is 0 Å². The van der Waals surface area contributed by atoms with Crippen LogP contribution in [0.25, 0.3) is 0 Å². The molecule has 0 spiro atoms. The number of aryl methyl sites for hydroxylation is 2. The van der Waals surface area contributed by atoms with Gasteiger partial charge in [-0.2, -0.15) is 0 Å². The minimum atomic E-state index is -0.554. The Morgan fingerprint density at radius 2 is 1.60 bits per heavy atom. The Bertz CT molecular complexity index is 690. The number of benzene rings is 2. The van der Waals surface area contributed by atoms with Crippen molar-refractivity contribution in [2.45, 2.75) is 46.1 Å². The predicted molar refractivity (Wildman–Crippen MR) is 102 cm³/mol. The van der Waals surface area contributed by atoms with Crippen LogP contribution in [-0.2, 0) is 17.6 Å². The van der Waals surface area contributed by atoms with Crippen molar-refractivity contribution in [1.82, 2.24) is 0 Å². The monoisotopic (exact) mass is 341 g/mol. The highest BCUT2D eigenvalue weighted by Gasteiger charge is 2.20. The molecule has 0 bridgehead atoms.